The number of carbonyl (C=O) groups excluding carboxylic acids is 1. The van der Waals surface area contributed by atoms with Crippen molar-refractivity contribution in [3.05, 3.63) is 24.5 Å². The summed E-state index contributed by atoms with van der Waals surface area (Å²) in [5.41, 5.74) is 0. The minimum absolute atomic E-state index is 0.0280. The fraction of sp³-hybridized carbons (Fsp3) is 0.886. The van der Waals surface area contributed by atoms with Gasteiger partial charge in [-0.05, 0) is 51.0 Å². The molecule has 0 aliphatic heterocycles. The summed E-state index contributed by atoms with van der Waals surface area (Å²) in [5.74, 6) is -0.291. The van der Waals surface area contributed by atoms with Crippen LogP contribution in [0.1, 0.15) is 200 Å². The van der Waals surface area contributed by atoms with Gasteiger partial charge in [0.05, 0.1) is 34.0 Å². The number of quaternary nitrogens is 1. The smallest absolute Gasteiger partial charge is 0.305 e. The average molecular weight is 772 g/mol. The summed E-state index contributed by atoms with van der Waals surface area (Å²) in [6.07, 6.45) is 42.8. The first-order valence-corrected chi connectivity index (χ1v) is 23.6. The Morgan fingerprint density at radius 3 is 1.47 bits per heavy atom. The van der Waals surface area contributed by atoms with Gasteiger partial charge in [0.2, 0.25) is 0 Å². The number of allylic oxidation sites excluding steroid dienone is 3. The molecular weight excluding hydrogens is 685 g/mol. The van der Waals surface area contributed by atoms with Crippen molar-refractivity contribution in [2.24, 2.45) is 0 Å². The van der Waals surface area contributed by atoms with Crippen LogP contribution in [0, 0.1) is 0 Å². The summed E-state index contributed by atoms with van der Waals surface area (Å²) in [5, 5.41) is 0. The Morgan fingerprint density at radius 1 is 0.585 bits per heavy atom. The lowest BCUT2D eigenvalue weighted by molar-refractivity contribution is -0.870. The summed E-state index contributed by atoms with van der Waals surface area (Å²) < 4.78 is 34.4. The first kappa shape index (κ1) is 51.8. The molecule has 2 atom stereocenters. The van der Waals surface area contributed by atoms with Crippen molar-refractivity contribution in [1.82, 2.24) is 0 Å². The average Bonchev–Trinajstić information content (AvgIpc) is 3.11. The highest BCUT2D eigenvalue weighted by molar-refractivity contribution is 7.45. The van der Waals surface area contributed by atoms with Gasteiger partial charge in [0.1, 0.15) is 19.8 Å². The standard InChI is InChI=1S/C44H86NO7P/c1-6-8-10-12-14-16-18-20-22-24-26-28-30-32-34-36-39-49-43(42-52-53(47,48)51-40-38-45(3,4)5)41-50-44(46)37-35-33-31-29-27-25-23-21-19-17-15-13-11-9-7-2/h16,18,36,39,43H,6-15,17,19-35,37-38,40-42H2,1-5H3/b18-16-,39-36-. The van der Waals surface area contributed by atoms with Gasteiger partial charge in [-0.15, -0.1) is 0 Å². The Kier molecular flexibility index (Phi) is 36.9. The van der Waals surface area contributed by atoms with Crippen LogP contribution in [0.25, 0.3) is 0 Å². The van der Waals surface area contributed by atoms with Crippen LogP contribution in [0.3, 0.4) is 0 Å². The van der Waals surface area contributed by atoms with E-state index in [4.69, 9.17) is 18.5 Å². The van der Waals surface area contributed by atoms with Crippen molar-refractivity contribution in [2.45, 2.75) is 206 Å². The molecule has 9 heteroatoms. The van der Waals surface area contributed by atoms with Crippen molar-refractivity contribution in [2.75, 3.05) is 47.5 Å². The van der Waals surface area contributed by atoms with Crippen molar-refractivity contribution in [3.63, 3.8) is 0 Å². The van der Waals surface area contributed by atoms with E-state index in [-0.39, 0.29) is 25.8 Å². The highest BCUT2D eigenvalue weighted by Gasteiger charge is 2.19. The molecule has 0 aromatic rings. The fourth-order valence-corrected chi connectivity index (χ4v) is 6.78. The minimum Gasteiger partial charge on any atom is -0.756 e. The SMILES string of the molecule is CCCCCC/C=C\CCCCCCCC/C=C\OC(COC(=O)CCCCCCCCCCCCCCCCC)COP(=O)([O-])OCC[N+](C)(C)C. The van der Waals surface area contributed by atoms with Gasteiger partial charge in [-0.3, -0.25) is 9.36 Å². The van der Waals surface area contributed by atoms with Gasteiger partial charge in [-0.1, -0.05) is 161 Å². The van der Waals surface area contributed by atoms with E-state index in [0.29, 0.717) is 17.4 Å². The predicted octanol–water partition coefficient (Wildman–Crippen LogP) is 12.5. The number of carbonyl (C=O) groups is 1. The Balaban J connectivity index is 4.27. The zero-order valence-corrected chi connectivity index (χ0v) is 36.4. The molecule has 0 bridgehead atoms. The normalized spacial score (nSPS) is 13.9. The molecular formula is C44H86NO7P. The summed E-state index contributed by atoms with van der Waals surface area (Å²) in [6, 6.07) is 0. The van der Waals surface area contributed by atoms with Crippen LogP contribution < -0.4 is 4.89 Å². The summed E-state index contributed by atoms with van der Waals surface area (Å²) >= 11 is 0. The van der Waals surface area contributed by atoms with E-state index in [1.54, 1.807) is 6.26 Å². The van der Waals surface area contributed by atoms with E-state index in [1.807, 2.05) is 27.2 Å². The van der Waals surface area contributed by atoms with Crippen LogP contribution in [0.5, 0.6) is 0 Å². The molecule has 0 aliphatic rings. The lowest BCUT2D eigenvalue weighted by atomic mass is 10.0. The second kappa shape index (κ2) is 37.7. The molecule has 2 unspecified atom stereocenters. The molecule has 0 amide bonds. The first-order chi connectivity index (χ1) is 25.6. The Bertz CT molecular complexity index is 905. The van der Waals surface area contributed by atoms with Gasteiger partial charge in [0, 0.05) is 6.42 Å². The number of ether oxygens (including phenoxy) is 2. The minimum atomic E-state index is -4.51. The summed E-state index contributed by atoms with van der Waals surface area (Å²) in [6.45, 7) is 4.71. The van der Waals surface area contributed by atoms with Crippen LogP contribution in [0.2, 0.25) is 0 Å². The molecule has 0 spiro atoms. The maximum absolute atomic E-state index is 12.5. The molecule has 0 aromatic carbocycles. The van der Waals surface area contributed by atoms with E-state index in [1.165, 1.54) is 148 Å². The van der Waals surface area contributed by atoms with Crippen LogP contribution in [-0.4, -0.2) is 64.1 Å². The number of rotatable bonds is 41. The highest BCUT2D eigenvalue weighted by atomic mass is 31.2. The van der Waals surface area contributed by atoms with Gasteiger partial charge in [0.15, 0.2) is 6.10 Å². The molecule has 8 nitrogen and oxygen atoms in total. The van der Waals surface area contributed by atoms with Crippen molar-refractivity contribution < 1.29 is 37.3 Å². The maximum Gasteiger partial charge on any atom is 0.305 e. The zero-order chi connectivity index (χ0) is 39.1. The summed E-state index contributed by atoms with van der Waals surface area (Å²) in [7, 11) is 1.36. The van der Waals surface area contributed by atoms with E-state index in [9.17, 15) is 14.3 Å². The number of phosphoric acid groups is 1. The third-order valence-corrected chi connectivity index (χ3v) is 10.6. The molecule has 0 radical (unpaired) electrons. The van der Waals surface area contributed by atoms with E-state index < -0.39 is 13.9 Å². The molecule has 0 saturated heterocycles. The molecule has 0 aromatic heterocycles. The van der Waals surface area contributed by atoms with Crippen LogP contribution in [0.4, 0.5) is 0 Å². The van der Waals surface area contributed by atoms with Crippen LogP contribution in [-0.2, 0) is 27.9 Å². The second-order valence-electron chi connectivity index (χ2n) is 16.1. The third kappa shape index (κ3) is 41.8. The third-order valence-electron chi connectivity index (χ3n) is 9.59. The number of nitrogens with zero attached hydrogens (tertiary/aromatic N) is 1. The number of esters is 1. The van der Waals surface area contributed by atoms with E-state index in [0.717, 1.165) is 32.1 Å². The Hall–Kier alpha value is -1.18. The number of phosphoric ester groups is 1. The molecule has 314 valence electrons. The van der Waals surface area contributed by atoms with Crippen LogP contribution in [0.15, 0.2) is 24.5 Å². The lowest BCUT2D eigenvalue weighted by Gasteiger charge is -2.28. The van der Waals surface area contributed by atoms with Gasteiger partial charge < -0.3 is 27.9 Å². The van der Waals surface area contributed by atoms with Crippen molar-refractivity contribution in [3.8, 4) is 0 Å². The van der Waals surface area contributed by atoms with Gasteiger partial charge in [0.25, 0.3) is 7.82 Å². The van der Waals surface area contributed by atoms with Gasteiger partial charge in [-0.25, -0.2) is 0 Å². The fourth-order valence-electron chi connectivity index (χ4n) is 6.05. The number of likely N-dealkylation sites (N-methyl/N-ethyl adjacent to an activating group) is 1. The molecule has 0 rings (SSSR count). The molecule has 0 saturated carbocycles. The second-order valence-corrected chi connectivity index (χ2v) is 17.5. The molecule has 0 fully saturated rings. The maximum atomic E-state index is 12.5. The Labute approximate surface area is 328 Å². The topological polar surface area (TPSA) is 94.1 Å². The Morgan fingerprint density at radius 2 is 1.00 bits per heavy atom. The first-order valence-electron chi connectivity index (χ1n) is 22.1. The lowest BCUT2D eigenvalue weighted by Crippen LogP contribution is -2.37. The molecule has 53 heavy (non-hydrogen) atoms. The zero-order valence-electron chi connectivity index (χ0n) is 35.5. The monoisotopic (exact) mass is 772 g/mol. The van der Waals surface area contributed by atoms with Crippen molar-refractivity contribution >= 4 is 13.8 Å². The predicted molar refractivity (Wildman–Crippen MR) is 222 cm³/mol. The molecule has 0 aliphatic carbocycles. The van der Waals surface area contributed by atoms with Gasteiger partial charge >= 0.3 is 5.97 Å². The number of unbranched alkanes of at least 4 members (excludes halogenated alkanes) is 25. The van der Waals surface area contributed by atoms with Gasteiger partial charge in [-0.2, -0.15) is 0 Å². The molecule has 0 heterocycles. The molecule has 0 N–H and O–H groups in total. The highest BCUT2D eigenvalue weighted by Crippen LogP contribution is 2.38. The quantitative estimate of drug-likeness (QED) is 0.0152. The number of hydrogen-bond donors (Lipinski definition) is 0. The summed E-state index contributed by atoms with van der Waals surface area (Å²) in [4.78, 5) is 24.8. The van der Waals surface area contributed by atoms with Crippen molar-refractivity contribution in [1.29, 1.82) is 0 Å². The van der Waals surface area contributed by atoms with Crippen LogP contribution >= 0.6 is 7.82 Å². The number of hydrogen-bond acceptors (Lipinski definition) is 7. The largest absolute Gasteiger partial charge is 0.756 e. The van der Waals surface area contributed by atoms with E-state index >= 15 is 0 Å². The van der Waals surface area contributed by atoms with E-state index in [2.05, 4.69) is 26.0 Å².